The first-order chi connectivity index (χ1) is 10.1. The van der Waals surface area contributed by atoms with Crippen molar-refractivity contribution in [2.24, 2.45) is 0 Å². The summed E-state index contributed by atoms with van der Waals surface area (Å²) < 4.78 is 0. The number of amides is 1. The van der Waals surface area contributed by atoms with Gasteiger partial charge in [-0.3, -0.25) is 4.79 Å². The fourth-order valence-electron chi connectivity index (χ4n) is 2.17. The van der Waals surface area contributed by atoms with Gasteiger partial charge >= 0.3 is 5.97 Å². The second-order valence-corrected chi connectivity index (χ2v) is 4.84. The molecule has 0 heterocycles. The number of carbonyl (C=O) groups is 2. The molecule has 0 radical (unpaired) electrons. The van der Waals surface area contributed by atoms with Crippen molar-refractivity contribution >= 4 is 11.9 Å². The lowest BCUT2D eigenvalue weighted by Crippen LogP contribution is -2.28. The molecule has 4 heteroatoms. The molecule has 1 unspecified atom stereocenters. The van der Waals surface area contributed by atoms with Crippen molar-refractivity contribution < 1.29 is 14.7 Å². The summed E-state index contributed by atoms with van der Waals surface area (Å²) in [5, 5.41) is 12.0. The lowest BCUT2D eigenvalue weighted by Gasteiger charge is -2.14. The molecule has 0 saturated carbocycles. The molecule has 0 bridgehead atoms. The Kier molecular flexibility index (Phi) is 4.72. The molecule has 1 amide bonds. The Bertz CT molecular complexity index is 637. The van der Waals surface area contributed by atoms with Gasteiger partial charge in [-0.2, -0.15) is 0 Å². The van der Waals surface area contributed by atoms with E-state index < -0.39 is 5.97 Å². The zero-order valence-corrected chi connectivity index (χ0v) is 11.7. The van der Waals surface area contributed by atoms with Gasteiger partial charge in [0.1, 0.15) is 0 Å². The Morgan fingerprint density at radius 1 is 1.05 bits per heavy atom. The third kappa shape index (κ3) is 3.92. The van der Waals surface area contributed by atoms with Crippen molar-refractivity contribution in [3.8, 4) is 0 Å². The molecular weight excluding hydrogens is 266 g/mol. The highest BCUT2D eigenvalue weighted by atomic mass is 16.4. The molecule has 0 spiro atoms. The first-order valence-corrected chi connectivity index (χ1v) is 6.73. The Morgan fingerprint density at radius 3 is 2.33 bits per heavy atom. The van der Waals surface area contributed by atoms with Gasteiger partial charge in [0.25, 0.3) is 0 Å². The minimum Gasteiger partial charge on any atom is -0.478 e. The summed E-state index contributed by atoms with van der Waals surface area (Å²) in [6.07, 6.45) is 0.0552. The summed E-state index contributed by atoms with van der Waals surface area (Å²) >= 11 is 0. The number of benzene rings is 2. The average molecular weight is 283 g/mol. The SMILES string of the molecule is CC(NC(=O)Cc1ccccc1C(=O)O)c1ccccc1. The van der Waals surface area contributed by atoms with Crippen LogP contribution in [-0.4, -0.2) is 17.0 Å². The van der Waals surface area contributed by atoms with Gasteiger partial charge in [-0.25, -0.2) is 4.79 Å². The van der Waals surface area contributed by atoms with E-state index >= 15 is 0 Å². The molecule has 4 nitrogen and oxygen atoms in total. The second kappa shape index (κ2) is 6.70. The van der Waals surface area contributed by atoms with Gasteiger partial charge in [-0.15, -0.1) is 0 Å². The van der Waals surface area contributed by atoms with Gasteiger partial charge < -0.3 is 10.4 Å². The van der Waals surface area contributed by atoms with E-state index in [0.717, 1.165) is 5.56 Å². The van der Waals surface area contributed by atoms with Crippen LogP contribution in [0, 0.1) is 0 Å². The Balaban J connectivity index is 2.04. The van der Waals surface area contributed by atoms with E-state index in [4.69, 9.17) is 5.11 Å². The van der Waals surface area contributed by atoms with Gasteiger partial charge in [-0.05, 0) is 24.1 Å². The van der Waals surface area contributed by atoms with Crippen LogP contribution >= 0.6 is 0 Å². The zero-order chi connectivity index (χ0) is 15.2. The van der Waals surface area contributed by atoms with Gasteiger partial charge in [0.05, 0.1) is 18.0 Å². The van der Waals surface area contributed by atoms with Crippen LogP contribution in [0.1, 0.15) is 34.5 Å². The largest absolute Gasteiger partial charge is 0.478 e. The smallest absolute Gasteiger partial charge is 0.335 e. The average Bonchev–Trinajstić information content (AvgIpc) is 2.48. The number of carboxylic acids is 1. The first-order valence-electron chi connectivity index (χ1n) is 6.73. The molecule has 0 aliphatic heterocycles. The lowest BCUT2D eigenvalue weighted by molar-refractivity contribution is -0.121. The fraction of sp³-hybridized carbons (Fsp3) is 0.176. The van der Waals surface area contributed by atoms with Crippen molar-refractivity contribution in [1.29, 1.82) is 0 Å². The summed E-state index contributed by atoms with van der Waals surface area (Å²) in [4.78, 5) is 23.2. The first kappa shape index (κ1) is 14.8. The highest BCUT2D eigenvalue weighted by Crippen LogP contribution is 2.13. The number of hydrogen-bond acceptors (Lipinski definition) is 2. The Hall–Kier alpha value is -2.62. The van der Waals surface area contributed by atoms with E-state index in [9.17, 15) is 9.59 Å². The Morgan fingerprint density at radius 2 is 1.67 bits per heavy atom. The molecule has 2 aromatic rings. The maximum absolute atomic E-state index is 12.1. The maximum Gasteiger partial charge on any atom is 0.335 e. The molecule has 0 aliphatic rings. The molecule has 2 rings (SSSR count). The zero-order valence-electron chi connectivity index (χ0n) is 11.7. The standard InChI is InChI=1S/C17H17NO3/c1-12(13-7-3-2-4-8-13)18-16(19)11-14-9-5-6-10-15(14)17(20)21/h2-10,12H,11H2,1H3,(H,18,19)(H,20,21). The van der Waals surface area contributed by atoms with Crippen LogP contribution in [0.25, 0.3) is 0 Å². The fourth-order valence-corrected chi connectivity index (χ4v) is 2.17. The monoisotopic (exact) mass is 283 g/mol. The molecule has 2 N–H and O–H groups in total. The second-order valence-electron chi connectivity index (χ2n) is 4.84. The van der Waals surface area contributed by atoms with Crippen LogP contribution < -0.4 is 5.32 Å². The van der Waals surface area contributed by atoms with Crippen molar-refractivity contribution in [2.45, 2.75) is 19.4 Å². The van der Waals surface area contributed by atoms with E-state index in [1.807, 2.05) is 37.3 Å². The van der Waals surface area contributed by atoms with Crippen LogP contribution in [0.5, 0.6) is 0 Å². The van der Waals surface area contributed by atoms with Gasteiger partial charge in [-0.1, -0.05) is 48.5 Å². The molecular formula is C17H17NO3. The third-order valence-electron chi connectivity index (χ3n) is 3.28. The van der Waals surface area contributed by atoms with Crippen molar-refractivity contribution in [2.75, 3.05) is 0 Å². The van der Waals surface area contributed by atoms with Crippen molar-refractivity contribution in [1.82, 2.24) is 5.32 Å². The van der Waals surface area contributed by atoms with Crippen LogP contribution in [0.3, 0.4) is 0 Å². The predicted molar refractivity (Wildman–Crippen MR) is 80.1 cm³/mol. The quantitative estimate of drug-likeness (QED) is 0.886. The summed E-state index contributed by atoms with van der Waals surface area (Å²) in [6, 6.07) is 16.1. The molecule has 21 heavy (non-hydrogen) atoms. The number of nitrogens with one attached hydrogen (secondary N) is 1. The van der Waals surface area contributed by atoms with Crippen LogP contribution in [0.15, 0.2) is 54.6 Å². The number of rotatable bonds is 5. The lowest BCUT2D eigenvalue weighted by atomic mass is 10.0. The van der Waals surface area contributed by atoms with E-state index in [0.29, 0.717) is 5.56 Å². The topological polar surface area (TPSA) is 66.4 Å². The van der Waals surface area contributed by atoms with Crippen LogP contribution in [0.4, 0.5) is 0 Å². The van der Waals surface area contributed by atoms with E-state index in [-0.39, 0.29) is 23.9 Å². The summed E-state index contributed by atoms with van der Waals surface area (Å²) in [5.74, 6) is -1.21. The van der Waals surface area contributed by atoms with Crippen LogP contribution in [-0.2, 0) is 11.2 Å². The van der Waals surface area contributed by atoms with E-state index in [1.54, 1.807) is 18.2 Å². The predicted octanol–water partition coefficient (Wildman–Crippen LogP) is 2.80. The minimum absolute atomic E-state index is 0.0552. The van der Waals surface area contributed by atoms with Crippen LogP contribution in [0.2, 0.25) is 0 Å². The highest BCUT2D eigenvalue weighted by molar-refractivity contribution is 5.91. The third-order valence-corrected chi connectivity index (χ3v) is 3.28. The van der Waals surface area contributed by atoms with E-state index in [2.05, 4.69) is 5.32 Å². The summed E-state index contributed by atoms with van der Waals surface area (Å²) in [7, 11) is 0. The number of carboxylic acid groups (broad SMARTS) is 1. The van der Waals surface area contributed by atoms with Gasteiger partial charge in [0, 0.05) is 0 Å². The molecule has 2 aromatic carbocycles. The van der Waals surface area contributed by atoms with E-state index in [1.165, 1.54) is 6.07 Å². The van der Waals surface area contributed by atoms with Gasteiger partial charge in [0.15, 0.2) is 0 Å². The summed E-state index contributed by atoms with van der Waals surface area (Å²) in [5.41, 5.74) is 1.69. The molecule has 0 aliphatic carbocycles. The molecule has 1 atom stereocenters. The number of aromatic carboxylic acids is 1. The van der Waals surface area contributed by atoms with Gasteiger partial charge in [0.2, 0.25) is 5.91 Å². The van der Waals surface area contributed by atoms with Crippen molar-refractivity contribution in [3.05, 3.63) is 71.3 Å². The minimum atomic E-state index is -1.02. The Labute approximate surface area is 123 Å². The molecule has 0 aromatic heterocycles. The highest BCUT2D eigenvalue weighted by Gasteiger charge is 2.14. The number of hydrogen-bond donors (Lipinski definition) is 2. The van der Waals surface area contributed by atoms with Crippen molar-refractivity contribution in [3.63, 3.8) is 0 Å². The molecule has 0 saturated heterocycles. The molecule has 108 valence electrons. The summed E-state index contributed by atoms with van der Waals surface area (Å²) in [6.45, 7) is 1.90. The number of carbonyl (C=O) groups excluding carboxylic acids is 1. The normalized spacial score (nSPS) is 11.7. The molecule has 0 fully saturated rings. The maximum atomic E-state index is 12.1.